The zero-order valence-electron chi connectivity index (χ0n) is 22.0. The van der Waals surface area contributed by atoms with Crippen molar-refractivity contribution in [2.75, 3.05) is 0 Å². The number of rotatable bonds is 5. The zero-order chi connectivity index (χ0) is 23.9. The summed E-state index contributed by atoms with van der Waals surface area (Å²) in [5, 5.41) is 0. The van der Waals surface area contributed by atoms with Crippen molar-refractivity contribution in [1.29, 1.82) is 0 Å². The monoisotopic (exact) mass is 597 g/mol. The van der Waals surface area contributed by atoms with Gasteiger partial charge in [-0.3, -0.25) is 0 Å². The Morgan fingerprint density at radius 2 is 1.34 bits per heavy atom. The molecule has 2 aliphatic carbocycles. The van der Waals surface area contributed by atoms with E-state index in [1.165, 1.54) is 27.8 Å². The van der Waals surface area contributed by atoms with Crippen LogP contribution in [0.2, 0.25) is 36.4 Å². The quantitative estimate of drug-likeness (QED) is 0.302. The molecule has 0 fully saturated rings. The van der Waals surface area contributed by atoms with Gasteiger partial charge in [-0.1, -0.05) is 0 Å². The number of benzene rings is 2. The fourth-order valence-electron chi connectivity index (χ4n) is 7.66. The molecule has 1 atom stereocenters. The third-order valence-electron chi connectivity index (χ3n) is 11.0. The number of hydrogen-bond acceptors (Lipinski definition) is 0. The molecule has 0 nitrogen and oxygen atoms in total. The van der Waals surface area contributed by atoms with Crippen LogP contribution in [-0.4, -0.2) is 0 Å². The van der Waals surface area contributed by atoms with Gasteiger partial charge >= 0.3 is 186 Å². The van der Waals surface area contributed by atoms with Crippen molar-refractivity contribution in [3.05, 3.63) is 101 Å². The third-order valence-corrected chi connectivity index (χ3v) is 57.1. The molecule has 2 aromatic rings. The van der Waals surface area contributed by atoms with E-state index < -0.39 is 12.6 Å². The Bertz CT molecular complexity index is 1270. The molecule has 0 saturated heterocycles. The predicted octanol–water partition coefficient (Wildman–Crippen LogP) is 10.2. The van der Waals surface area contributed by atoms with E-state index in [9.17, 15) is 0 Å². The Morgan fingerprint density at radius 3 is 1.94 bits per heavy atom. The molecule has 0 amide bonds. The summed E-state index contributed by atoms with van der Waals surface area (Å²) >= 11 is -5.72. The summed E-state index contributed by atoms with van der Waals surface area (Å²) in [5.41, 5.74) is 7.14. The van der Waals surface area contributed by atoms with Gasteiger partial charge < -0.3 is 0 Å². The topological polar surface area (TPSA) is 0 Å². The molecule has 0 N–H and O–H groups in total. The Kier molecular flexibility index (Phi) is 3.29. The average molecular weight is 596 g/mol. The Labute approximate surface area is 184 Å². The van der Waals surface area contributed by atoms with Crippen LogP contribution in [0.1, 0.15) is 34.2 Å². The van der Waals surface area contributed by atoms with Gasteiger partial charge in [0.1, 0.15) is 0 Å². The van der Waals surface area contributed by atoms with Crippen molar-refractivity contribution < 1.29 is 12.6 Å². The van der Waals surface area contributed by atoms with Crippen LogP contribution >= 0.6 is 0 Å². The molecule has 0 radical (unpaired) electrons. The summed E-state index contributed by atoms with van der Waals surface area (Å²) in [4.78, 5) is 0. The van der Waals surface area contributed by atoms with Gasteiger partial charge in [0, 0.05) is 0 Å². The summed E-state index contributed by atoms with van der Waals surface area (Å²) in [5.74, 6) is 0. The van der Waals surface area contributed by atoms with Gasteiger partial charge in [-0.15, -0.1) is 0 Å². The van der Waals surface area contributed by atoms with E-state index in [0.29, 0.717) is 3.67 Å². The van der Waals surface area contributed by atoms with Gasteiger partial charge in [-0.05, 0) is 0 Å². The van der Waals surface area contributed by atoms with Gasteiger partial charge in [0.05, 0.1) is 0 Å². The van der Waals surface area contributed by atoms with Crippen molar-refractivity contribution in [2.24, 2.45) is 0 Å². The zero-order valence-corrected chi connectivity index (χ0v) is 25.6. The first-order chi connectivity index (χ1) is 14.1. The Balaban J connectivity index is 2.15. The first kappa shape index (κ1) is 23.7. The SMILES string of the molecule is Cc1cc2c(cc1C)[C](CCc1ccccc1)([Hf]([CH3])([CH3])([CH3])([CH3])([CH3])([CH3])([CH3])[CH]1C=CC=C1)C=C2. The molecule has 0 heterocycles. The fraction of sp³-hybridized carbons (Fsp3) is 0.419. The predicted molar refractivity (Wildman–Crippen MR) is 144 cm³/mol. The van der Waals surface area contributed by atoms with Gasteiger partial charge in [-0.2, -0.15) is 0 Å². The summed E-state index contributed by atoms with van der Waals surface area (Å²) in [6.45, 7) is 4.52. The first-order valence-electron chi connectivity index (χ1n) is 12.6. The van der Waals surface area contributed by atoms with Crippen LogP contribution < -0.4 is 0 Å². The van der Waals surface area contributed by atoms with E-state index >= 15 is 0 Å². The molecule has 0 aliphatic heterocycles. The van der Waals surface area contributed by atoms with Crippen LogP contribution in [0.15, 0.2) is 72.8 Å². The number of allylic oxidation sites excluding steroid dienone is 5. The van der Waals surface area contributed by atoms with Crippen LogP contribution in [-0.2, 0) is 22.2 Å². The van der Waals surface area contributed by atoms with Crippen molar-refractivity contribution in [3.8, 4) is 0 Å². The first-order valence-corrected chi connectivity index (χ1v) is 41.7. The normalized spacial score (nSPS) is 27.0. The number of aryl methyl sites for hydroxylation is 3. The molecule has 2 aromatic carbocycles. The molecular weight excluding hydrogens is 551 g/mol. The van der Waals surface area contributed by atoms with E-state index in [1.807, 2.05) is 0 Å². The van der Waals surface area contributed by atoms with Crippen molar-refractivity contribution in [3.63, 3.8) is 0 Å². The minimum absolute atomic E-state index is 0.102. The average Bonchev–Trinajstić information content (AvgIpc) is 3.31. The molecule has 0 spiro atoms. The number of fused-ring (bicyclic) bond motifs is 1. The molecule has 32 heavy (non-hydrogen) atoms. The van der Waals surface area contributed by atoms with E-state index in [2.05, 4.69) is 126 Å². The molecule has 4 rings (SSSR count). The van der Waals surface area contributed by atoms with Crippen molar-refractivity contribution in [1.82, 2.24) is 0 Å². The maximum atomic E-state index is 2.73. The van der Waals surface area contributed by atoms with E-state index in [-0.39, 0.29) is 3.17 Å². The van der Waals surface area contributed by atoms with Crippen LogP contribution in [0.4, 0.5) is 0 Å². The molecule has 0 saturated carbocycles. The Hall–Kier alpha value is -1.47. The maximum absolute atomic E-state index is 5.72. The van der Waals surface area contributed by atoms with Gasteiger partial charge in [0.15, 0.2) is 0 Å². The summed E-state index contributed by atoms with van der Waals surface area (Å²) in [6, 6.07) is 16.0. The fourth-order valence-corrected chi connectivity index (χ4v) is 41.2. The number of hydrogen-bond donors (Lipinski definition) is 0. The molecule has 1 unspecified atom stereocenters. The second-order valence-corrected chi connectivity index (χ2v) is 131. The van der Waals surface area contributed by atoms with Gasteiger partial charge in [-0.25, -0.2) is 0 Å². The summed E-state index contributed by atoms with van der Waals surface area (Å²) < 4.78 is 19.4. The second kappa shape index (κ2) is 4.45. The van der Waals surface area contributed by atoms with Crippen LogP contribution in [0.3, 0.4) is 0 Å². The van der Waals surface area contributed by atoms with Gasteiger partial charge in [0.2, 0.25) is 0 Å². The minimum atomic E-state index is -5.72. The second-order valence-electron chi connectivity index (χ2n) is 21.5. The van der Waals surface area contributed by atoms with Crippen molar-refractivity contribution in [2.45, 2.75) is 66.3 Å². The van der Waals surface area contributed by atoms with Crippen LogP contribution in [0.25, 0.3) is 6.08 Å². The summed E-state index contributed by atoms with van der Waals surface area (Å²) in [7, 11) is 0. The van der Waals surface area contributed by atoms with Gasteiger partial charge in [0.25, 0.3) is 0 Å². The van der Waals surface area contributed by atoms with E-state index in [4.69, 9.17) is 0 Å². The molecule has 1 heteroatoms. The van der Waals surface area contributed by atoms with E-state index in [0.717, 1.165) is 12.8 Å². The molecule has 2 aliphatic rings. The van der Waals surface area contributed by atoms with Crippen LogP contribution in [0, 0.1) is 13.8 Å². The standard InChI is InChI=1S/C19H19.C5H5.7CH3.Hf/c1-14-12-18-11-10-17(19(18)13-15(14)2)9-8-16-6-4-3-5-7-16;1-2-4-5-3-1;;;;;;;;/h3-7,10-13H,8-9H2,1-2H3;1-5H;7*1H3;. The molecule has 173 valence electrons. The van der Waals surface area contributed by atoms with E-state index in [1.54, 1.807) is 0 Å². The van der Waals surface area contributed by atoms with Crippen molar-refractivity contribution >= 4 is 6.08 Å². The molecule has 0 bridgehead atoms. The molecule has 0 aromatic heterocycles. The molecular formula is C31H45Hf. The summed E-state index contributed by atoms with van der Waals surface area (Å²) in [6.07, 6.45) is 16.8. The third kappa shape index (κ3) is 2.82. The van der Waals surface area contributed by atoms with Crippen LogP contribution in [0.5, 0.6) is 0 Å². The Morgan fingerprint density at radius 1 is 0.781 bits per heavy atom.